The van der Waals surface area contributed by atoms with Gasteiger partial charge in [0.15, 0.2) is 0 Å². The monoisotopic (exact) mass is 363 g/mol. The van der Waals surface area contributed by atoms with Crippen LogP contribution >= 0.6 is 23.2 Å². The van der Waals surface area contributed by atoms with Gasteiger partial charge in [-0.2, -0.15) is 0 Å². The molecule has 0 saturated carbocycles. The smallest absolute Gasteiger partial charge is 0.337 e. The Morgan fingerprint density at radius 2 is 1.77 bits per heavy atom. The Morgan fingerprint density at radius 3 is 2.36 bits per heavy atom. The van der Waals surface area contributed by atoms with Gasteiger partial charge in [-0.15, -0.1) is 0 Å². The Balaban J connectivity index is 2.41. The zero-order valence-corrected chi connectivity index (χ0v) is 13.0. The number of benzene rings is 2. The predicted molar refractivity (Wildman–Crippen MR) is 80.6 cm³/mol. The maximum Gasteiger partial charge on any atom is 0.337 e. The molecule has 0 fully saturated rings. The number of carbonyl (C=O) groups is 1. The molecule has 0 radical (unpaired) electrons. The summed E-state index contributed by atoms with van der Waals surface area (Å²) in [6.07, 6.45) is 0. The van der Waals surface area contributed by atoms with E-state index in [9.17, 15) is 17.6 Å². The van der Waals surface area contributed by atoms with Gasteiger partial charge < -0.3 is 5.11 Å². The van der Waals surface area contributed by atoms with Crippen molar-refractivity contribution in [2.75, 3.05) is 4.72 Å². The van der Waals surface area contributed by atoms with E-state index in [2.05, 4.69) is 4.72 Å². The molecule has 5 nitrogen and oxygen atoms in total. The second kappa shape index (κ2) is 6.12. The first kappa shape index (κ1) is 16.5. The lowest BCUT2D eigenvalue weighted by molar-refractivity contribution is 0.0697. The first-order valence-corrected chi connectivity index (χ1v) is 7.95. The van der Waals surface area contributed by atoms with E-state index in [1.165, 1.54) is 12.1 Å². The quantitative estimate of drug-likeness (QED) is 0.868. The highest BCUT2D eigenvalue weighted by Gasteiger charge is 2.19. The van der Waals surface area contributed by atoms with Crippen LogP contribution in [0.3, 0.4) is 0 Å². The van der Waals surface area contributed by atoms with Crippen molar-refractivity contribution in [3.05, 3.63) is 57.8 Å². The van der Waals surface area contributed by atoms with E-state index >= 15 is 0 Å². The number of hydrogen-bond acceptors (Lipinski definition) is 3. The van der Waals surface area contributed by atoms with E-state index in [0.717, 1.165) is 24.3 Å². The van der Waals surface area contributed by atoms with E-state index < -0.39 is 21.8 Å². The van der Waals surface area contributed by atoms with Crippen LogP contribution in [0, 0.1) is 5.82 Å². The van der Waals surface area contributed by atoms with Gasteiger partial charge in [-0.1, -0.05) is 23.2 Å². The van der Waals surface area contributed by atoms with Crippen molar-refractivity contribution in [2.24, 2.45) is 0 Å². The zero-order valence-electron chi connectivity index (χ0n) is 10.7. The van der Waals surface area contributed by atoms with Crippen LogP contribution in [0.25, 0.3) is 0 Å². The lowest BCUT2D eigenvalue weighted by Crippen LogP contribution is -2.14. The van der Waals surface area contributed by atoms with Crippen molar-refractivity contribution in [2.45, 2.75) is 4.90 Å². The number of sulfonamides is 1. The molecule has 0 spiro atoms. The lowest BCUT2D eigenvalue weighted by atomic mass is 10.2. The van der Waals surface area contributed by atoms with Crippen LogP contribution in [0.5, 0.6) is 0 Å². The van der Waals surface area contributed by atoms with Gasteiger partial charge in [-0.05, 0) is 36.4 Å². The summed E-state index contributed by atoms with van der Waals surface area (Å²) in [6.45, 7) is 0. The molecular weight excluding hydrogens is 356 g/mol. The minimum Gasteiger partial charge on any atom is -0.478 e. The van der Waals surface area contributed by atoms with Crippen molar-refractivity contribution in [1.82, 2.24) is 0 Å². The van der Waals surface area contributed by atoms with Crippen LogP contribution < -0.4 is 4.72 Å². The summed E-state index contributed by atoms with van der Waals surface area (Å²) in [5, 5.41) is 8.63. The molecule has 0 bridgehead atoms. The number of anilines is 1. The van der Waals surface area contributed by atoms with Crippen LogP contribution in [0.1, 0.15) is 10.4 Å². The summed E-state index contributed by atoms with van der Waals surface area (Å²) in [7, 11) is -4.10. The van der Waals surface area contributed by atoms with Gasteiger partial charge in [0, 0.05) is 5.69 Å². The number of carboxylic acid groups (broad SMARTS) is 1. The van der Waals surface area contributed by atoms with Crippen LogP contribution in [0.15, 0.2) is 41.3 Å². The Labute approximate surface area is 135 Å². The number of nitrogens with one attached hydrogen (secondary N) is 1. The zero-order chi connectivity index (χ0) is 16.5. The standard InChI is InChI=1S/C13H8Cl2FNO4S/c14-10-3-2-8(6-9(10)13(18)19)17-22(20,21)12-4-1-7(16)5-11(12)15/h1-6,17H,(H,18,19). The summed E-state index contributed by atoms with van der Waals surface area (Å²) in [4.78, 5) is 10.6. The molecule has 0 aromatic heterocycles. The summed E-state index contributed by atoms with van der Waals surface area (Å²) in [5.41, 5.74) is -0.269. The van der Waals surface area contributed by atoms with Crippen molar-refractivity contribution < 1.29 is 22.7 Å². The molecule has 2 aromatic carbocycles. The molecule has 116 valence electrons. The van der Waals surface area contributed by atoms with Crippen LogP contribution in [0.2, 0.25) is 10.0 Å². The molecule has 0 heterocycles. The largest absolute Gasteiger partial charge is 0.478 e. The second-order valence-electron chi connectivity index (χ2n) is 4.18. The summed E-state index contributed by atoms with van der Waals surface area (Å²) in [5.74, 6) is -1.98. The van der Waals surface area contributed by atoms with Crippen LogP contribution in [0.4, 0.5) is 10.1 Å². The van der Waals surface area contributed by atoms with Gasteiger partial charge in [0.25, 0.3) is 10.0 Å². The predicted octanol–water partition coefficient (Wildman–Crippen LogP) is 3.63. The summed E-state index contributed by atoms with van der Waals surface area (Å²) in [6, 6.07) is 6.43. The third kappa shape index (κ3) is 3.49. The topological polar surface area (TPSA) is 83.5 Å². The fourth-order valence-corrected chi connectivity index (χ4v) is 3.44. The molecular formula is C13H8Cl2FNO4S. The number of aromatic carboxylic acids is 1. The fraction of sp³-hybridized carbons (Fsp3) is 0. The minimum atomic E-state index is -4.10. The molecule has 0 unspecified atom stereocenters. The Bertz CT molecular complexity index is 855. The summed E-state index contributed by atoms with van der Waals surface area (Å²) < 4.78 is 39.5. The minimum absolute atomic E-state index is 0.0119. The maximum atomic E-state index is 13.0. The van der Waals surface area contributed by atoms with Crippen LogP contribution in [-0.2, 0) is 10.0 Å². The molecule has 0 amide bonds. The maximum absolute atomic E-state index is 13.0. The highest BCUT2D eigenvalue weighted by Crippen LogP contribution is 2.26. The highest BCUT2D eigenvalue weighted by molar-refractivity contribution is 7.92. The second-order valence-corrected chi connectivity index (χ2v) is 6.65. The molecule has 22 heavy (non-hydrogen) atoms. The molecule has 0 aliphatic heterocycles. The van der Waals surface area contributed by atoms with E-state index in [1.807, 2.05) is 0 Å². The van der Waals surface area contributed by atoms with Crippen molar-refractivity contribution in [3.63, 3.8) is 0 Å². The van der Waals surface area contributed by atoms with Crippen molar-refractivity contribution >= 4 is 44.9 Å². The number of rotatable bonds is 4. The average Bonchev–Trinajstić information content (AvgIpc) is 2.39. The fourth-order valence-electron chi connectivity index (χ4n) is 1.66. The highest BCUT2D eigenvalue weighted by atomic mass is 35.5. The van der Waals surface area contributed by atoms with E-state index in [-0.39, 0.29) is 26.2 Å². The first-order valence-electron chi connectivity index (χ1n) is 5.71. The molecule has 0 aliphatic carbocycles. The third-order valence-corrected chi connectivity index (χ3v) is 4.83. The lowest BCUT2D eigenvalue weighted by Gasteiger charge is -2.10. The molecule has 2 N–H and O–H groups in total. The van der Waals surface area contributed by atoms with Gasteiger partial charge in [0.1, 0.15) is 10.7 Å². The normalized spacial score (nSPS) is 11.2. The van der Waals surface area contributed by atoms with E-state index in [0.29, 0.717) is 0 Å². The summed E-state index contributed by atoms with van der Waals surface area (Å²) >= 11 is 11.4. The van der Waals surface area contributed by atoms with E-state index in [1.54, 1.807) is 0 Å². The average molecular weight is 364 g/mol. The molecule has 2 aromatic rings. The Kier molecular flexibility index (Phi) is 4.60. The SMILES string of the molecule is O=C(O)c1cc(NS(=O)(=O)c2ccc(F)cc2Cl)ccc1Cl. The molecule has 0 saturated heterocycles. The van der Waals surface area contributed by atoms with Gasteiger partial charge in [-0.3, -0.25) is 4.72 Å². The van der Waals surface area contributed by atoms with Crippen molar-refractivity contribution in [1.29, 1.82) is 0 Å². The number of carboxylic acids is 1. The van der Waals surface area contributed by atoms with Gasteiger partial charge in [0.05, 0.1) is 15.6 Å². The van der Waals surface area contributed by atoms with Gasteiger partial charge in [-0.25, -0.2) is 17.6 Å². The Hall–Kier alpha value is -1.83. The molecule has 0 aliphatic rings. The number of hydrogen-bond donors (Lipinski definition) is 2. The van der Waals surface area contributed by atoms with Crippen LogP contribution in [-0.4, -0.2) is 19.5 Å². The number of halogens is 3. The van der Waals surface area contributed by atoms with Gasteiger partial charge >= 0.3 is 5.97 Å². The first-order chi connectivity index (χ1) is 10.2. The molecule has 2 rings (SSSR count). The van der Waals surface area contributed by atoms with E-state index in [4.69, 9.17) is 28.3 Å². The third-order valence-electron chi connectivity index (χ3n) is 2.63. The Morgan fingerprint density at radius 1 is 1.09 bits per heavy atom. The van der Waals surface area contributed by atoms with Crippen molar-refractivity contribution in [3.8, 4) is 0 Å². The molecule has 9 heteroatoms. The molecule has 0 atom stereocenters. The van der Waals surface area contributed by atoms with Gasteiger partial charge in [0.2, 0.25) is 0 Å².